The van der Waals surface area contributed by atoms with E-state index < -0.39 is 29.5 Å². The van der Waals surface area contributed by atoms with Gasteiger partial charge in [0.25, 0.3) is 5.91 Å². The summed E-state index contributed by atoms with van der Waals surface area (Å²) in [6.07, 6.45) is 0. The SMILES string of the molecule is O=C1CN(C(=O)c2ccc(Cl)cc2)[C@@H](c2ccc(F)cc2)c2cc(F)ccc2N1. The van der Waals surface area contributed by atoms with Crippen molar-refractivity contribution in [3.05, 3.63) is 100 Å². The standard InChI is InChI=1S/C22H15ClF2N2O2/c23-15-5-1-14(2-6-15)22(29)27-12-20(28)26-19-10-9-17(25)11-18(19)21(27)13-3-7-16(24)8-4-13/h1-11,21H,12H2,(H,26,28)/t21-/m0/s1. The topological polar surface area (TPSA) is 49.4 Å². The van der Waals surface area contributed by atoms with E-state index in [2.05, 4.69) is 5.32 Å². The van der Waals surface area contributed by atoms with Crippen LogP contribution in [-0.2, 0) is 4.79 Å². The molecule has 3 aromatic rings. The molecule has 2 amide bonds. The lowest BCUT2D eigenvalue weighted by molar-refractivity contribution is -0.117. The predicted molar refractivity (Wildman–Crippen MR) is 106 cm³/mol. The average Bonchev–Trinajstić information content (AvgIpc) is 2.84. The molecule has 7 heteroatoms. The summed E-state index contributed by atoms with van der Waals surface area (Å²) in [5, 5.41) is 3.18. The molecule has 0 saturated carbocycles. The van der Waals surface area contributed by atoms with E-state index in [1.54, 1.807) is 24.3 Å². The number of fused-ring (bicyclic) bond motifs is 1. The molecule has 4 rings (SSSR count). The minimum atomic E-state index is -0.788. The molecule has 0 bridgehead atoms. The van der Waals surface area contributed by atoms with E-state index in [1.165, 1.54) is 47.4 Å². The number of halogens is 3. The minimum Gasteiger partial charge on any atom is -0.324 e. The Balaban J connectivity index is 1.88. The second-order valence-electron chi connectivity index (χ2n) is 6.67. The number of carbonyl (C=O) groups is 2. The molecule has 0 radical (unpaired) electrons. The molecule has 0 aromatic heterocycles. The first kappa shape index (κ1) is 19.1. The largest absolute Gasteiger partial charge is 0.324 e. The Morgan fingerprint density at radius 1 is 0.966 bits per heavy atom. The van der Waals surface area contributed by atoms with Crippen LogP contribution in [0.3, 0.4) is 0 Å². The van der Waals surface area contributed by atoms with Crippen molar-refractivity contribution < 1.29 is 18.4 Å². The summed E-state index contributed by atoms with van der Waals surface area (Å²) in [7, 11) is 0. The van der Waals surface area contributed by atoms with Crippen molar-refractivity contribution in [2.75, 3.05) is 11.9 Å². The van der Waals surface area contributed by atoms with Crippen molar-refractivity contribution in [3.63, 3.8) is 0 Å². The fraction of sp³-hybridized carbons (Fsp3) is 0.0909. The summed E-state index contributed by atoms with van der Waals surface area (Å²) in [5.41, 5.74) is 1.69. The lowest BCUT2D eigenvalue weighted by Gasteiger charge is -2.30. The second-order valence-corrected chi connectivity index (χ2v) is 7.11. The van der Waals surface area contributed by atoms with Gasteiger partial charge in [0, 0.05) is 21.8 Å². The molecule has 4 nitrogen and oxygen atoms in total. The molecule has 0 spiro atoms. The van der Waals surface area contributed by atoms with E-state index in [1.807, 2.05) is 0 Å². The summed E-state index contributed by atoms with van der Waals surface area (Å²) in [6.45, 7) is -0.250. The number of hydrogen-bond donors (Lipinski definition) is 1. The second kappa shape index (κ2) is 7.64. The third-order valence-corrected chi connectivity index (χ3v) is 5.00. The first-order chi connectivity index (χ1) is 13.9. The normalized spacial score (nSPS) is 16.0. The molecule has 146 valence electrons. The highest BCUT2D eigenvalue weighted by atomic mass is 35.5. The van der Waals surface area contributed by atoms with Crippen molar-refractivity contribution in [2.45, 2.75) is 6.04 Å². The van der Waals surface area contributed by atoms with Crippen LogP contribution in [0, 0.1) is 11.6 Å². The van der Waals surface area contributed by atoms with Crippen molar-refractivity contribution >= 4 is 29.1 Å². The first-order valence-corrected chi connectivity index (χ1v) is 9.21. The molecule has 0 saturated heterocycles. The number of hydrogen-bond acceptors (Lipinski definition) is 2. The lowest BCUT2D eigenvalue weighted by Crippen LogP contribution is -2.39. The van der Waals surface area contributed by atoms with E-state index in [9.17, 15) is 18.4 Å². The molecular formula is C22H15ClF2N2O2. The maximum absolute atomic E-state index is 14.1. The number of nitrogens with one attached hydrogen (secondary N) is 1. The van der Waals surface area contributed by atoms with E-state index in [0.717, 1.165) is 0 Å². The molecule has 0 unspecified atom stereocenters. The molecule has 0 fully saturated rings. The number of rotatable bonds is 2. The molecule has 29 heavy (non-hydrogen) atoms. The fourth-order valence-corrected chi connectivity index (χ4v) is 3.56. The molecular weight excluding hydrogens is 398 g/mol. The Hall–Kier alpha value is -3.25. The Bertz CT molecular complexity index is 1080. The quantitative estimate of drug-likeness (QED) is 0.657. The Kier molecular flexibility index (Phi) is 5.03. The van der Waals surface area contributed by atoms with Crippen LogP contribution in [0.25, 0.3) is 0 Å². The van der Waals surface area contributed by atoms with E-state index >= 15 is 0 Å². The number of anilines is 1. The van der Waals surface area contributed by atoms with Crippen LogP contribution < -0.4 is 5.32 Å². The number of nitrogens with zero attached hydrogens (tertiary/aromatic N) is 1. The van der Waals surface area contributed by atoms with Gasteiger partial charge in [0.1, 0.15) is 18.2 Å². The average molecular weight is 413 g/mol. The van der Waals surface area contributed by atoms with Gasteiger partial charge in [-0.15, -0.1) is 0 Å². The van der Waals surface area contributed by atoms with Gasteiger partial charge < -0.3 is 10.2 Å². The van der Waals surface area contributed by atoms with Gasteiger partial charge in [-0.2, -0.15) is 0 Å². The predicted octanol–water partition coefficient (Wildman–Crippen LogP) is 4.80. The smallest absolute Gasteiger partial charge is 0.255 e. The number of carbonyl (C=O) groups excluding carboxylic acids is 2. The van der Waals surface area contributed by atoms with Crippen LogP contribution in [0.15, 0.2) is 66.7 Å². The summed E-state index contributed by atoms with van der Waals surface area (Å²) >= 11 is 5.91. The van der Waals surface area contributed by atoms with Gasteiger partial charge in [-0.05, 0) is 60.2 Å². The van der Waals surface area contributed by atoms with Gasteiger partial charge in [0.05, 0.1) is 6.04 Å². The molecule has 3 aromatic carbocycles. The van der Waals surface area contributed by atoms with Gasteiger partial charge in [-0.3, -0.25) is 9.59 Å². The lowest BCUT2D eigenvalue weighted by atomic mass is 9.95. The fourth-order valence-electron chi connectivity index (χ4n) is 3.43. The van der Waals surface area contributed by atoms with Crippen molar-refractivity contribution in [1.82, 2.24) is 4.90 Å². The van der Waals surface area contributed by atoms with E-state index in [0.29, 0.717) is 27.4 Å². The van der Waals surface area contributed by atoms with Gasteiger partial charge >= 0.3 is 0 Å². The monoisotopic (exact) mass is 412 g/mol. The van der Waals surface area contributed by atoms with Gasteiger partial charge in [0.15, 0.2) is 0 Å². The van der Waals surface area contributed by atoms with Crippen molar-refractivity contribution in [3.8, 4) is 0 Å². The van der Waals surface area contributed by atoms with Gasteiger partial charge in [-0.25, -0.2) is 8.78 Å². The molecule has 1 aliphatic heterocycles. The Morgan fingerprint density at radius 2 is 1.62 bits per heavy atom. The minimum absolute atomic E-state index is 0.250. The Labute approximate surface area is 170 Å². The van der Waals surface area contributed by atoms with Crippen LogP contribution >= 0.6 is 11.6 Å². The zero-order valence-corrected chi connectivity index (χ0v) is 15.8. The highest BCUT2D eigenvalue weighted by Gasteiger charge is 2.34. The van der Waals surface area contributed by atoms with Crippen LogP contribution in [-0.4, -0.2) is 23.3 Å². The zero-order chi connectivity index (χ0) is 20.5. The molecule has 1 aliphatic rings. The van der Waals surface area contributed by atoms with Crippen LogP contribution in [0.1, 0.15) is 27.5 Å². The maximum atomic E-state index is 14.1. The maximum Gasteiger partial charge on any atom is 0.255 e. The third-order valence-electron chi connectivity index (χ3n) is 4.75. The van der Waals surface area contributed by atoms with E-state index in [-0.39, 0.29) is 6.54 Å². The van der Waals surface area contributed by atoms with Crippen LogP contribution in [0.4, 0.5) is 14.5 Å². The van der Waals surface area contributed by atoms with Crippen LogP contribution in [0.5, 0.6) is 0 Å². The highest BCUT2D eigenvalue weighted by molar-refractivity contribution is 6.30. The van der Waals surface area contributed by atoms with Gasteiger partial charge in [-0.1, -0.05) is 23.7 Å². The zero-order valence-electron chi connectivity index (χ0n) is 15.0. The Morgan fingerprint density at radius 3 is 2.31 bits per heavy atom. The van der Waals surface area contributed by atoms with Gasteiger partial charge in [0.2, 0.25) is 5.91 Å². The summed E-state index contributed by atoms with van der Waals surface area (Å²) in [5.74, 6) is -1.79. The third kappa shape index (κ3) is 3.84. The number of benzene rings is 3. The van der Waals surface area contributed by atoms with Crippen LogP contribution in [0.2, 0.25) is 5.02 Å². The first-order valence-electron chi connectivity index (χ1n) is 8.83. The van der Waals surface area contributed by atoms with Crippen molar-refractivity contribution in [1.29, 1.82) is 0 Å². The summed E-state index contributed by atoms with van der Waals surface area (Å²) in [6, 6.07) is 15.0. The summed E-state index contributed by atoms with van der Waals surface area (Å²) < 4.78 is 27.6. The molecule has 1 heterocycles. The molecule has 1 N–H and O–H groups in total. The highest BCUT2D eigenvalue weighted by Crippen LogP contribution is 2.37. The van der Waals surface area contributed by atoms with E-state index in [4.69, 9.17) is 11.6 Å². The molecule has 0 aliphatic carbocycles. The summed E-state index contributed by atoms with van der Waals surface area (Å²) in [4.78, 5) is 27.1. The molecule has 1 atom stereocenters. The van der Waals surface area contributed by atoms with Crippen molar-refractivity contribution in [2.24, 2.45) is 0 Å². The number of amides is 2.